The number of hydrogen-bond donors (Lipinski definition) is 2. The van der Waals surface area contributed by atoms with Crippen LogP contribution < -0.4 is 11.5 Å². The first-order valence-electron chi connectivity index (χ1n) is 9.72. The van der Waals surface area contributed by atoms with E-state index in [0.717, 1.165) is 5.03 Å². The van der Waals surface area contributed by atoms with E-state index >= 15 is 0 Å². The first-order valence-corrected chi connectivity index (χ1v) is 10.6. The Morgan fingerprint density at radius 1 is 0.833 bits per heavy atom. The largest absolute Gasteiger partial charge is 0.383 e. The molecule has 0 amide bonds. The number of nitrogens with two attached hydrogens (primary N) is 2. The molecule has 0 aromatic carbocycles. The maximum atomic E-state index is 5.80. The summed E-state index contributed by atoms with van der Waals surface area (Å²) in [5, 5.41) is 1.54. The molecule has 1 heterocycles. The number of hydrogen-bond acceptors (Lipinski definition) is 5. The van der Waals surface area contributed by atoms with Crippen molar-refractivity contribution in [3.8, 4) is 0 Å². The average Bonchev–Trinajstić information content (AvgIpc) is 2.53. The number of anilines is 2. The van der Waals surface area contributed by atoms with Gasteiger partial charge < -0.3 is 11.5 Å². The van der Waals surface area contributed by atoms with Gasteiger partial charge in [-0.05, 0) is 12.8 Å². The van der Waals surface area contributed by atoms with E-state index in [9.17, 15) is 0 Å². The SMILES string of the molecule is CCCCCCCC(CCCCCCC)Sc1cc(N)nc(N)n1. The van der Waals surface area contributed by atoms with Gasteiger partial charge in [0, 0.05) is 11.3 Å². The molecule has 0 bridgehead atoms. The van der Waals surface area contributed by atoms with Crippen molar-refractivity contribution in [2.75, 3.05) is 11.5 Å². The summed E-state index contributed by atoms with van der Waals surface area (Å²) in [4.78, 5) is 8.30. The highest BCUT2D eigenvalue weighted by atomic mass is 32.2. The molecule has 0 unspecified atom stereocenters. The minimum atomic E-state index is 0.280. The van der Waals surface area contributed by atoms with Crippen LogP contribution in [-0.2, 0) is 0 Å². The van der Waals surface area contributed by atoms with E-state index in [-0.39, 0.29) is 5.95 Å². The number of unbranched alkanes of at least 4 members (excludes halogenated alkanes) is 8. The molecule has 1 aromatic heterocycles. The Bertz CT molecular complexity index is 405. The zero-order chi connectivity index (χ0) is 17.6. The summed E-state index contributed by atoms with van der Waals surface area (Å²) in [5.74, 6) is 0.747. The van der Waals surface area contributed by atoms with Crippen LogP contribution in [0.25, 0.3) is 0 Å². The lowest BCUT2D eigenvalue weighted by molar-refractivity contribution is 0.551. The molecule has 0 aliphatic carbocycles. The summed E-state index contributed by atoms with van der Waals surface area (Å²) in [7, 11) is 0. The van der Waals surface area contributed by atoms with Crippen LogP contribution in [0.3, 0.4) is 0 Å². The predicted molar refractivity (Wildman–Crippen MR) is 107 cm³/mol. The molecular formula is C19H36N4S. The molecule has 1 aromatic rings. The second-order valence-corrected chi connectivity index (χ2v) is 7.96. The van der Waals surface area contributed by atoms with Gasteiger partial charge in [0.15, 0.2) is 0 Å². The van der Waals surface area contributed by atoms with Crippen LogP contribution in [-0.4, -0.2) is 15.2 Å². The van der Waals surface area contributed by atoms with E-state index in [1.54, 1.807) is 0 Å². The number of nitrogens with zero attached hydrogens (tertiary/aromatic N) is 2. The molecule has 5 heteroatoms. The van der Waals surface area contributed by atoms with E-state index in [1.165, 1.54) is 77.0 Å². The van der Waals surface area contributed by atoms with Crippen molar-refractivity contribution < 1.29 is 0 Å². The molecule has 0 aliphatic heterocycles. The quantitative estimate of drug-likeness (QED) is 0.250. The third kappa shape index (κ3) is 10.0. The fraction of sp³-hybridized carbons (Fsp3) is 0.789. The molecule has 0 fully saturated rings. The molecular weight excluding hydrogens is 316 g/mol. The Morgan fingerprint density at radius 3 is 1.88 bits per heavy atom. The lowest BCUT2D eigenvalue weighted by Crippen LogP contribution is -2.06. The highest BCUT2D eigenvalue weighted by Gasteiger charge is 2.12. The van der Waals surface area contributed by atoms with Gasteiger partial charge in [-0.15, -0.1) is 11.8 Å². The van der Waals surface area contributed by atoms with Gasteiger partial charge in [0.1, 0.15) is 10.8 Å². The molecule has 0 saturated carbocycles. The summed E-state index contributed by atoms with van der Waals surface area (Å²) in [6, 6.07) is 1.85. The lowest BCUT2D eigenvalue weighted by atomic mass is 10.0. The second-order valence-electron chi connectivity index (χ2n) is 6.63. The zero-order valence-electron chi connectivity index (χ0n) is 15.6. The van der Waals surface area contributed by atoms with Crippen LogP contribution in [0.5, 0.6) is 0 Å². The van der Waals surface area contributed by atoms with E-state index in [4.69, 9.17) is 11.5 Å². The van der Waals surface area contributed by atoms with Crippen LogP contribution in [0.4, 0.5) is 11.8 Å². The van der Waals surface area contributed by atoms with Gasteiger partial charge in [-0.1, -0.05) is 78.1 Å². The Labute approximate surface area is 152 Å². The number of nitrogen functional groups attached to an aromatic ring is 2. The highest BCUT2D eigenvalue weighted by molar-refractivity contribution is 7.99. The van der Waals surface area contributed by atoms with Gasteiger partial charge >= 0.3 is 0 Å². The van der Waals surface area contributed by atoms with Crippen molar-refractivity contribution in [3.63, 3.8) is 0 Å². The molecule has 24 heavy (non-hydrogen) atoms. The number of rotatable bonds is 14. The predicted octanol–water partition coefficient (Wildman–Crippen LogP) is 5.82. The van der Waals surface area contributed by atoms with Crippen molar-refractivity contribution in [1.82, 2.24) is 9.97 Å². The minimum absolute atomic E-state index is 0.280. The van der Waals surface area contributed by atoms with Crippen LogP contribution in [0.1, 0.15) is 90.9 Å². The summed E-state index contributed by atoms with van der Waals surface area (Å²) in [6.07, 6.45) is 15.8. The smallest absolute Gasteiger partial charge is 0.223 e. The standard InChI is InChI=1S/C19H36N4S/c1-3-5-7-9-11-13-16(14-12-10-8-6-4-2)24-18-15-17(20)22-19(21)23-18/h15-16H,3-14H2,1-2H3,(H4,20,21,22,23). The van der Waals surface area contributed by atoms with E-state index < -0.39 is 0 Å². The summed E-state index contributed by atoms with van der Waals surface area (Å²) >= 11 is 1.83. The third-order valence-electron chi connectivity index (χ3n) is 4.29. The molecule has 0 spiro atoms. The van der Waals surface area contributed by atoms with Crippen molar-refractivity contribution in [3.05, 3.63) is 6.07 Å². The van der Waals surface area contributed by atoms with Crippen molar-refractivity contribution >= 4 is 23.5 Å². The average molecular weight is 353 g/mol. The molecule has 0 saturated heterocycles. The minimum Gasteiger partial charge on any atom is -0.383 e. The monoisotopic (exact) mass is 352 g/mol. The fourth-order valence-electron chi connectivity index (χ4n) is 2.91. The van der Waals surface area contributed by atoms with Crippen LogP contribution >= 0.6 is 11.8 Å². The van der Waals surface area contributed by atoms with Crippen molar-refractivity contribution in [1.29, 1.82) is 0 Å². The highest BCUT2D eigenvalue weighted by Crippen LogP contribution is 2.30. The molecule has 138 valence electrons. The Morgan fingerprint density at radius 2 is 1.38 bits per heavy atom. The summed E-state index contributed by atoms with van der Waals surface area (Å²) < 4.78 is 0. The Kier molecular flexibility index (Phi) is 11.7. The zero-order valence-corrected chi connectivity index (χ0v) is 16.4. The first kappa shape index (κ1) is 21.1. The maximum absolute atomic E-state index is 5.80. The first-order chi connectivity index (χ1) is 11.7. The van der Waals surface area contributed by atoms with Gasteiger partial charge in [-0.2, -0.15) is 4.98 Å². The number of aromatic nitrogens is 2. The van der Waals surface area contributed by atoms with Gasteiger partial charge in [-0.3, -0.25) is 0 Å². The molecule has 0 radical (unpaired) electrons. The lowest BCUT2D eigenvalue weighted by Gasteiger charge is -2.16. The normalized spacial score (nSPS) is 11.3. The summed E-state index contributed by atoms with van der Waals surface area (Å²) in [5.41, 5.74) is 11.5. The van der Waals surface area contributed by atoms with Gasteiger partial charge in [0.25, 0.3) is 0 Å². The Hall–Kier alpha value is -0.970. The molecule has 0 atom stereocenters. The fourth-order valence-corrected chi connectivity index (χ4v) is 4.15. The van der Waals surface area contributed by atoms with Gasteiger partial charge in [-0.25, -0.2) is 4.98 Å². The third-order valence-corrected chi connectivity index (χ3v) is 5.54. The van der Waals surface area contributed by atoms with E-state index in [2.05, 4.69) is 23.8 Å². The Balaban J connectivity index is 2.45. The van der Waals surface area contributed by atoms with Crippen molar-refractivity contribution in [2.45, 2.75) is 101 Å². The van der Waals surface area contributed by atoms with E-state index in [0.29, 0.717) is 11.1 Å². The van der Waals surface area contributed by atoms with Crippen LogP contribution in [0, 0.1) is 0 Å². The van der Waals surface area contributed by atoms with Gasteiger partial charge in [0.05, 0.1) is 0 Å². The molecule has 4 N–H and O–H groups in total. The van der Waals surface area contributed by atoms with Crippen LogP contribution in [0.2, 0.25) is 0 Å². The van der Waals surface area contributed by atoms with Crippen LogP contribution in [0.15, 0.2) is 11.1 Å². The summed E-state index contributed by atoms with van der Waals surface area (Å²) in [6.45, 7) is 4.53. The maximum Gasteiger partial charge on any atom is 0.223 e. The van der Waals surface area contributed by atoms with Crippen molar-refractivity contribution in [2.24, 2.45) is 0 Å². The molecule has 0 aliphatic rings. The second kappa shape index (κ2) is 13.3. The van der Waals surface area contributed by atoms with E-state index in [1.807, 2.05) is 17.8 Å². The number of thioether (sulfide) groups is 1. The molecule has 4 nitrogen and oxygen atoms in total. The molecule has 1 rings (SSSR count). The topological polar surface area (TPSA) is 77.8 Å². The van der Waals surface area contributed by atoms with Gasteiger partial charge in [0.2, 0.25) is 5.95 Å².